The van der Waals surface area contributed by atoms with Gasteiger partial charge in [-0.1, -0.05) is 0 Å². The Bertz CT molecular complexity index is 338. The number of ether oxygens (including phenoxy) is 2. The fraction of sp³-hybridized carbons (Fsp3) is 0.846. The Hall–Kier alpha value is -1.30. The second-order valence-corrected chi connectivity index (χ2v) is 5.93. The van der Waals surface area contributed by atoms with Crippen molar-refractivity contribution in [2.75, 3.05) is 27.2 Å². The van der Waals surface area contributed by atoms with Gasteiger partial charge in [-0.15, -0.1) is 0 Å². The predicted octanol–water partition coefficient (Wildman–Crippen LogP) is 1.00. The number of methoxy groups -OCH3 is 1. The molecule has 1 fully saturated rings. The van der Waals surface area contributed by atoms with Gasteiger partial charge >= 0.3 is 12.1 Å². The molecule has 2 atom stereocenters. The average Bonchev–Trinajstić information content (AvgIpc) is 2.25. The highest BCUT2D eigenvalue weighted by atomic mass is 16.6. The number of nitrogens with one attached hydrogen (secondary N) is 1. The summed E-state index contributed by atoms with van der Waals surface area (Å²) in [6.07, 6.45) is 0.172. The Morgan fingerprint density at radius 1 is 1.32 bits per heavy atom. The van der Waals surface area contributed by atoms with Gasteiger partial charge < -0.3 is 19.7 Å². The Morgan fingerprint density at radius 3 is 2.47 bits per heavy atom. The number of nitrogens with zero attached hydrogens (tertiary/aromatic N) is 1. The van der Waals surface area contributed by atoms with E-state index in [4.69, 9.17) is 9.47 Å². The largest absolute Gasteiger partial charge is 0.469 e. The highest BCUT2D eigenvalue weighted by Crippen LogP contribution is 2.19. The van der Waals surface area contributed by atoms with Crippen LogP contribution in [0.5, 0.6) is 0 Å². The lowest BCUT2D eigenvalue weighted by Crippen LogP contribution is -2.54. The maximum atomic E-state index is 11.8. The van der Waals surface area contributed by atoms with E-state index >= 15 is 0 Å². The lowest BCUT2D eigenvalue weighted by Gasteiger charge is -2.35. The quantitative estimate of drug-likeness (QED) is 0.760. The van der Waals surface area contributed by atoms with Gasteiger partial charge in [-0.3, -0.25) is 4.79 Å². The van der Waals surface area contributed by atoms with Crippen LogP contribution in [0.4, 0.5) is 4.79 Å². The number of rotatable bonds is 2. The molecular weight excluding hydrogens is 248 g/mol. The minimum absolute atomic E-state index is 0.277. The van der Waals surface area contributed by atoms with E-state index in [2.05, 4.69) is 10.2 Å². The van der Waals surface area contributed by atoms with E-state index in [1.54, 1.807) is 20.8 Å². The lowest BCUT2D eigenvalue weighted by atomic mass is 9.92. The van der Waals surface area contributed by atoms with E-state index in [0.29, 0.717) is 13.0 Å². The summed E-state index contributed by atoms with van der Waals surface area (Å²) in [5.41, 5.74) is -0.550. The van der Waals surface area contributed by atoms with Gasteiger partial charge in [0.05, 0.1) is 19.1 Å². The molecule has 0 aromatic heterocycles. The number of amides is 1. The second-order valence-electron chi connectivity index (χ2n) is 5.93. The predicted molar refractivity (Wildman–Crippen MR) is 70.8 cm³/mol. The third kappa shape index (κ3) is 5.06. The number of esters is 1. The SMILES string of the molecule is COC(=O)[C@H]1CCN(C)C[C@H]1NC(=O)OC(C)(C)C. The molecule has 1 N–H and O–H groups in total. The Morgan fingerprint density at radius 2 is 1.95 bits per heavy atom. The van der Waals surface area contributed by atoms with Crippen molar-refractivity contribution in [3.63, 3.8) is 0 Å². The van der Waals surface area contributed by atoms with Crippen LogP contribution >= 0.6 is 0 Å². The van der Waals surface area contributed by atoms with Crippen LogP contribution in [0.2, 0.25) is 0 Å². The molecule has 0 aliphatic carbocycles. The summed E-state index contributed by atoms with van der Waals surface area (Å²) >= 11 is 0. The number of likely N-dealkylation sites (N-methyl/N-ethyl adjacent to an activating group) is 1. The maximum Gasteiger partial charge on any atom is 0.407 e. The molecule has 0 aromatic rings. The molecule has 6 nitrogen and oxygen atoms in total. The van der Waals surface area contributed by atoms with Crippen molar-refractivity contribution in [2.24, 2.45) is 5.92 Å². The van der Waals surface area contributed by atoms with Crippen molar-refractivity contribution in [3.05, 3.63) is 0 Å². The van der Waals surface area contributed by atoms with Crippen LogP contribution in [0.25, 0.3) is 0 Å². The van der Waals surface area contributed by atoms with Crippen LogP contribution in [0.15, 0.2) is 0 Å². The van der Waals surface area contributed by atoms with Crippen LogP contribution in [0.1, 0.15) is 27.2 Å². The molecule has 1 aliphatic heterocycles. The molecule has 0 saturated carbocycles. The third-order valence-corrected chi connectivity index (χ3v) is 3.02. The van der Waals surface area contributed by atoms with Gasteiger partial charge in [-0.2, -0.15) is 0 Å². The molecule has 1 rings (SSSR count). The molecule has 0 spiro atoms. The van der Waals surface area contributed by atoms with Gasteiger partial charge in [0.25, 0.3) is 0 Å². The Kier molecular flexibility index (Phi) is 5.17. The molecule has 0 radical (unpaired) electrons. The molecular formula is C13H24N2O4. The van der Waals surface area contributed by atoms with E-state index in [1.807, 2.05) is 7.05 Å². The van der Waals surface area contributed by atoms with Gasteiger partial charge in [-0.05, 0) is 40.8 Å². The Labute approximate surface area is 114 Å². The van der Waals surface area contributed by atoms with Gasteiger partial charge in [-0.25, -0.2) is 4.79 Å². The summed E-state index contributed by atoms with van der Waals surface area (Å²) in [5, 5.41) is 2.77. The van der Waals surface area contributed by atoms with Gasteiger partial charge in [0, 0.05) is 6.54 Å². The first-order chi connectivity index (χ1) is 8.73. The van der Waals surface area contributed by atoms with Crippen molar-refractivity contribution in [2.45, 2.75) is 38.8 Å². The highest BCUT2D eigenvalue weighted by molar-refractivity contribution is 5.75. The number of carbonyl (C=O) groups excluding carboxylic acids is 2. The minimum atomic E-state index is -0.550. The first-order valence-corrected chi connectivity index (χ1v) is 6.49. The number of hydrogen-bond acceptors (Lipinski definition) is 5. The third-order valence-electron chi connectivity index (χ3n) is 3.02. The smallest absolute Gasteiger partial charge is 0.407 e. The van der Waals surface area contributed by atoms with E-state index in [1.165, 1.54) is 7.11 Å². The van der Waals surface area contributed by atoms with Gasteiger partial charge in [0.15, 0.2) is 0 Å². The van der Waals surface area contributed by atoms with E-state index in [9.17, 15) is 9.59 Å². The molecule has 0 bridgehead atoms. The molecule has 19 heavy (non-hydrogen) atoms. The van der Waals surface area contributed by atoms with Gasteiger partial charge in [0.2, 0.25) is 0 Å². The van der Waals surface area contributed by atoms with Crippen molar-refractivity contribution >= 4 is 12.1 Å². The molecule has 0 unspecified atom stereocenters. The first kappa shape index (κ1) is 15.8. The summed E-state index contributed by atoms with van der Waals surface area (Å²) in [4.78, 5) is 25.6. The van der Waals surface area contributed by atoms with Crippen LogP contribution in [-0.4, -0.2) is 55.9 Å². The number of hydrogen-bond donors (Lipinski definition) is 1. The topological polar surface area (TPSA) is 67.9 Å². The zero-order valence-electron chi connectivity index (χ0n) is 12.4. The number of alkyl carbamates (subject to hydrolysis) is 1. The van der Waals surface area contributed by atoms with Crippen molar-refractivity contribution < 1.29 is 19.1 Å². The molecule has 1 aliphatic rings. The molecule has 110 valence electrons. The molecule has 1 saturated heterocycles. The summed E-state index contributed by atoms with van der Waals surface area (Å²) < 4.78 is 10.0. The van der Waals surface area contributed by atoms with E-state index in [0.717, 1.165) is 6.54 Å². The van der Waals surface area contributed by atoms with Crippen LogP contribution in [0.3, 0.4) is 0 Å². The first-order valence-electron chi connectivity index (χ1n) is 6.49. The van der Waals surface area contributed by atoms with E-state index in [-0.39, 0.29) is 17.9 Å². The monoisotopic (exact) mass is 272 g/mol. The zero-order valence-corrected chi connectivity index (χ0v) is 12.4. The normalized spacial score (nSPS) is 24.7. The minimum Gasteiger partial charge on any atom is -0.469 e. The fourth-order valence-corrected chi connectivity index (χ4v) is 2.15. The fourth-order valence-electron chi connectivity index (χ4n) is 2.15. The summed E-state index contributed by atoms with van der Waals surface area (Å²) in [6, 6.07) is -0.277. The number of piperidine rings is 1. The highest BCUT2D eigenvalue weighted by Gasteiger charge is 2.35. The number of likely N-dealkylation sites (tertiary alicyclic amines) is 1. The zero-order chi connectivity index (χ0) is 14.6. The van der Waals surface area contributed by atoms with Crippen molar-refractivity contribution in [1.82, 2.24) is 10.2 Å². The Balaban J connectivity index is 2.65. The molecule has 0 aromatic carbocycles. The second kappa shape index (κ2) is 6.23. The van der Waals surface area contributed by atoms with Crippen molar-refractivity contribution in [3.8, 4) is 0 Å². The van der Waals surface area contributed by atoms with Gasteiger partial charge in [0.1, 0.15) is 5.60 Å². The van der Waals surface area contributed by atoms with E-state index < -0.39 is 11.7 Å². The van der Waals surface area contributed by atoms with Crippen LogP contribution < -0.4 is 5.32 Å². The van der Waals surface area contributed by atoms with Crippen LogP contribution in [-0.2, 0) is 14.3 Å². The average molecular weight is 272 g/mol. The molecule has 6 heteroatoms. The number of carbonyl (C=O) groups is 2. The van der Waals surface area contributed by atoms with Crippen LogP contribution in [0, 0.1) is 5.92 Å². The maximum absolute atomic E-state index is 11.8. The van der Waals surface area contributed by atoms with Crippen molar-refractivity contribution in [1.29, 1.82) is 0 Å². The summed E-state index contributed by atoms with van der Waals surface area (Å²) in [5.74, 6) is -0.595. The molecule has 1 heterocycles. The summed E-state index contributed by atoms with van der Waals surface area (Å²) in [6.45, 7) is 6.83. The molecule has 1 amide bonds. The standard InChI is InChI=1S/C13H24N2O4/c1-13(2,3)19-12(17)14-10-8-15(4)7-6-9(10)11(16)18-5/h9-10H,6-8H2,1-5H3,(H,14,17)/t9-,10+/m0/s1. The lowest BCUT2D eigenvalue weighted by molar-refractivity contribution is -0.148. The summed E-state index contributed by atoms with van der Waals surface area (Å²) in [7, 11) is 3.32.